The average Bonchev–Trinajstić information content (AvgIpc) is 2.94. The van der Waals surface area contributed by atoms with Gasteiger partial charge in [-0.1, -0.05) is 31.2 Å². The normalized spacial score (nSPS) is 21.3. The predicted octanol–water partition coefficient (Wildman–Crippen LogP) is 3.89. The standard InChI is InChI=1S/C29H36N4O5S/c1-21-17-33(18-23-9-8-14-30-16-23)22(2)20-38-27-13-12-24(31-39(35,36)25-10-6-5-7-11-25)15-26(27)29(34)32(3)19-28(21)37-4/h5-16,21-22,28,31H,17-20H2,1-4H3/t21-,22-,28-/m1/s1. The zero-order valence-electron chi connectivity index (χ0n) is 22.8. The molecule has 1 amide bonds. The zero-order valence-corrected chi connectivity index (χ0v) is 23.6. The Bertz CT molecular complexity index is 1350. The van der Waals surface area contributed by atoms with Crippen LogP contribution in [0.25, 0.3) is 0 Å². The van der Waals surface area contributed by atoms with E-state index in [9.17, 15) is 13.2 Å². The largest absolute Gasteiger partial charge is 0.491 e. The van der Waals surface area contributed by atoms with E-state index in [4.69, 9.17) is 9.47 Å². The number of fused-ring (bicyclic) bond motifs is 1. The Morgan fingerprint density at radius 3 is 2.54 bits per heavy atom. The molecule has 39 heavy (non-hydrogen) atoms. The molecule has 9 nitrogen and oxygen atoms in total. The van der Waals surface area contributed by atoms with Gasteiger partial charge in [0.2, 0.25) is 0 Å². The summed E-state index contributed by atoms with van der Waals surface area (Å²) in [7, 11) is -0.448. The minimum absolute atomic E-state index is 0.0153. The summed E-state index contributed by atoms with van der Waals surface area (Å²) >= 11 is 0. The fraction of sp³-hybridized carbons (Fsp3) is 0.379. The fourth-order valence-electron chi connectivity index (χ4n) is 4.68. The summed E-state index contributed by atoms with van der Waals surface area (Å²) in [5, 5.41) is 0. The van der Waals surface area contributed by atoms with E-state index in [1.165, 1.54) is 18.2 Å². The fourth-order valence-corrected chi connectivity index (χ4v) is 5.75. The highest BCUT2D eigenvalue weighted by Crippen LogP contribution is 2.28. The van der Waals surface area contributed by atoms with Gasteiger partial charge in [0.05, 0.1) is 16.6 Å². The smallest absolute Gasteiger partial charge is 0.261 e. The first-order valence-corrected chi connectivity index (χ1v) is 14.4. The maximum absolute atomic E-state index is 13.6. The van der Waals surface area contributed by atoms with Crippen LogP contribution in [-0.4, -0.2) is 75.1 Å². The molecule has 1 aliphatic rings. The Morgan fingerprint density at radius 1 is 1.08 bits per heavy atom. The van der Waals surface area contributed by atoms with Gasteiger partial charge >= 0.3 is 0 Å². The lowest BCUT2D eigenvalue weighted by Gasteiger charge is -2.36. The van der Waals surface area contributed by atoms with Crippen molar-refractivity contribution in [3.63, 3.8) is 0 Å². The van der Waals surface area contributed by atoms with Crippen LogP contribution in [0.3, 0.4) is 0 Å². The Morgan fingerprint density at radius 2 is 1.85 bits per heavy atom. The number of hydrogen-bond acceptors (Lipinski definition) is 7. The van der Waals surface area contributed by atoms with Crippen molar-refractivity contribution in [1.29, 1.82) is 0 Å². The molecule has 0 saturated heterocycles. The average molecular weight is 553 g/mol. The number of ether oxygens (including phenoxy) is 2. The van der Waals surface area contributed by atoms with Crippen LogP contribution < -0.4 is 9.46 Å². The number of methoxy groups -OCH3 is 1. The molecule has 3 aromatic rings. The first kappa shape index (κ1) is 28.5. The van der Waals surface area contributed by atoms with Crippen molar-refractivity contribution >= 4 is 21.6 Å². The van der Waals surface area contributed by atoms with E-state index in [0.29, 0.717) is 25.4 Å². The topological polar surface area (TPSA) is 101 Å². The van der Waals surface area contributed by atoms with Gasteiger partial charge in [-0.05, 0) is 54.8 Å². The van der Waals surface area contributed by atoms with Crippen molar-refractivity contribution in [3.05, 3.63) is 84.2 Å². The molecule has 1 aromatic heterocycles. The zero-order chi connectivity index (χ0) is 28.0. The molecule has 0 spiro atoms. The molecule has 4 rings (SSSR count). The van der Waals surface area contributed by atoms with Gasteiger partial charge in [0.15, 0.2) is 0 Å². The summed E-state index contributed by atoms with van der Waals surface area (Å²) < 4.78 is 40.4. The second kappa shape index (κ2) is 12.6. The van der Waals surface area contributed by atoms with Crippen molar-refractivity contribution in [1.82, 2.24) is 14.8 Å². The Hall–Kier alpha value is -3.47. The van der Waals surface area contributed by atoms with Gasteiger partial charge in [-0.15, -0.1) is 0 Å². The van der Waals surface area contributed by atoms with E-state index in [2.05, 4.69) is 34.5 Å². The van der Waals surface area contributed by atoms with Crippen molar-refractivity contribution in [2.75, 3.05) is 38.6 Å². The molecule has 1 N–H and O–H groups in total. The van der Waals surface area contributed by atoms with E-state index in [1.807, 2.05) is 12.3 Å². The van der Waals surface area contributed by atoms with E-state index in [-0.39, 0.29) is 40.1 Å². The number of likely N-dealkylation sites (N-methyl/N-ethyl adjacent to an activating group) is 1. The predicted molar refractivity (Wildman–Crippen MR) is 150 cm³/mol. The number of aromatic nitrogens is 1. The van der Waals surface area contributed by atoms with Crippen molar-refractivity contribution in [3.8, 4) is 5.75 Å². The van der Waals surface area contributed by atoms with Crippen LogP contribution in [0.15, 0.2) is 78.0 Å². The van der Waals surface area contributed by atoms with Crippen molar-refractivity contribution in [2.45, 2.75) is 37.4 Å². The molecule has 0 saturated carbocycles. The van der Waals surface area contributed by atoms with Crippen LogP contribution >= 0.6 is 0 Å². The Kier molecular flexibility index (Phi) is 9.21. The van der Waals surface area contributed by atoms with Gasteiger partial charge in [-0.25, -0.2) is 8.42 Å². The summed E-state index contributed by atoms with van der Waals surface area (Å²) in [4.78, 5) is 21.9. The molecule has 2 aromatic carbocycles. The number of sulfonamides is 1. The molecular formula is C29H36N4O5S. The summed E-state index contributed by atoms with van der Waals surface area (Å²) in [6.45, 7) is 6.35. The number of benzene rings is 2. The third-order valence-corrected chi connectivity index (χ3v) is 8.39. The number of carbonyl (C=O) groups is 1. The van der Waals surface area contributed by atoms with E-state index < -0.39 is 10.0 Å². The quantitative estimate of drug-likeness (QED) is 0.495. The van der Waals surface area contributed by atoms with Gasteiger partial charge in [0.25, 0.3) is 15.9 Å². The van der Waals surface area contributed by atoms with E-state index >= 15 is 0 Å². The molecule has 0 bridgehead atoms. The van der Waals surface area contributed by atoms with E-state index in [1.54, 1.807) is 55.6 Å². The second-order valence-electron chi connectivity index (χ2n) is 10.0. The second-order valence-corrected chi connectivity index (χ2v) is 11.7. The third-order valence-electron chi connectivity index (χ3n) is 6.99. The minimum atomic E-state index is -3.82. The van der Waals surface area contributed by atoms with E-state index in [0.717, 1.165) is 12.1 Å². The molecule has 0 aliphatic carbocycles. The molecule has 1 aliphatic heterocycles. The highest BCUT2D eigenvalue weighted by molar-refractivity contribution is 7.92. The van der Waals surface area contributed by atoms with Gasteiger partial charge < -0.3 is 14.4 Å². The van der Waals surface area contributed by atoms with Crippen LogP contribution in [0.5, 0.6) is 5.75 Å². The maximum atomic E-state index is 13.6. The number of carbonyl (C=O) groups excluding carboxylic acids is 1. The van der Waals surface area contributed by atoms with Gasteiger partial charge in [0.1, 0.15) is 12.4 Å². The molecule has 0 unspecified atom stereocenters. The molecule has 0 fully saturated rings. The summed E-state index contributed by atoms with van der Waals surface area (Å²) in [5.41, 5.74) is 1.65. The minimum Gasteiger partial charge on any atom is -0.491 e. The number of anilines is 1. The lowest BCUT2D eigenvalue weighted by molar-refractivity contribution is 0.00920. The van der Waals surface area contributed by atoms with Gasteiger partial charge in [-0.2, -0.15) is 0 Å². The Balaban J connectivity index is 1.65. The number of pyridine rings is 1. The SMILES string of the molecule is CO[C@@H]1CN(C)C(=O)c2cc(NS(=O)(=O)c3ccccc3)ccc2OC[C@@H](C)N(Cc2cccnc2)C[C@H]1C. The highest BCUT2D eigenvalue weighted by Gasteiger charge is 2.29. The van der Waals surface area contributed by atoms with Crippen LogP contribution in [-0.2, 0) is 21.3 Å². The number of nitrogens with one attached hydrogen (secondary N) is 1. The number of hydrogen-bond donors (Lipinski definition) is 1. The van der Waals surface area contributed by atoms with Crippen LogP contribution in [0.2, 0.25) is 0 Å². The van der Waals surface area contributed by atoms with Crippen molar-refractivity contribution in [2.24, 2.45) is 5.92 Å². The van der Waals surface area contributed by atoms with Gasteiger partial charge in [0, 0.05) is 57.9 Å². The molecular weight excluding hydrogens is 516 g/mol. The summed E-state index contributed by atoms with van der Waals surface area (Å²) in [6, 6.07) is 16.9. The monoisotopic (exact) mass is 552 g/mol. The first-order chi connectivity index (χ1) is 18.7. The summed E-state index contributed by atoms with van der Waals surface area (Å²) in [6.07, 6.45) is 3.42. The van der Waals surface area contributed by atoms with Crippen LogP contribution in [0.1, 0.15) is 29.8 Å². The highest BCUT2D eigenvalue weighted by atomic mass is 32.2. The Labute approximate surface area is 230 Å². The van der Waals surface area contributed by atoms with Crippen LogP contribution in [0.4, 0.5) is 5.69 Å². The molecule has 208 valence electrons. The number of rotatable bonds is 6. The third kappa shape index (κ3) is 7.14. The lowest BCUT2D eigenvalue weighted by Crippen LogP contribution is -2.46. The lowest BCUT2D eigenvalue weighted by atomic mass is 10.0. The number of amides is 1. The molecule has 3 atom stereocenters. The molecule has 0 radical (unpaired) electrons. The number of nitrogens with zero attached hydrogens (tertiary/aromatic N) is 3. The van der Waals surface area contributed by atoms with Gasteiger partial charge in [-0.3, -0.25) is 19.4 Å². The van der Waals surface area contributed by atoms with Crippen molar-refractivity contribution < 1.29 is 22.7 Å². The maximum Gasteiger partial charge on any atom is 0.261 e. The molecule has 10 heteroatoms. The van der Waals surface area contributed by atoms with Crippen LogP contribution in [0, 0.1) is 5.92 Å². The summed E-state index contributed by atoms with van der Waals surface area (Å²) in [5.74, 6) is 0.234. The molecule has 2 heterocycles. The first-order valence-electron chi connectivity index (χ1n) is 12.9.